The molecule has 3 N–H and O–H groups in total. The van der Waals surface area contributed by atoms with Crippen molar-refractivity contribution < 1.29 is 4.42 Å². The van der Waals surface area contributed by atoms with Crippen LogP contribution in [0.4, 0.5) is 17.6 Å². The monoisotopic (exact) mass is 371 g/mol. The lowest BCUT2D eigenvalue weighted by atomic mass is 10.2. The van der Waals surface area contributed by atoms with Gasteiger partial charge in [-0.1, -0.05) is 47.5 Å². The molecule has 4 rings (SSSR count). The van der Waals surface area contributed by atoms with Crippen molar-refractivity contribution in [1.82, 2.24) is 15.0 Å². The quantitative estimate of drug-likeness (QED) is 0.531. The van der Waals surface area contributed by atoms with Crippen LogP contribution < -0.4 is 11.1 Å². The molecule has 0 saturated carbocycles. The maximum absolute atomic E-state index is 6.18. The number of aromatic nitrogens is 3. The number of hydrogen-bond donors (Lipinski definition) is 2. The van der Waals surface area contributed by atoms with Gasteiger partial charge in [-0.3, -0.25) is 0 Å². The van der Waals surface area contributed by atoms with Crippen LogP contribution in [0.15, 0.2) is 52.9 Å². The fourth-order valence-electron chi connectivity index (χ4n) is 2.37. The fraction of sp³-hybridized carbons (Fsp3) is 0. The van der Waals surface area contributed by atoms with Crippen LogP contribution in [0.2, 0.25) is 10.0 Å². The summed E-state index contributed by atoms with van der Waals surface area (Å²) in [4.78, 5) is 12.6. The second kappa shape index (κ2) is 6.23. The van der Waals surface area contributed by atoms with Gasteiger partial charge in [0.15, 0.2) is 5.76 Å². The Morgan fingerprint density at radius 3 is 2.64 bits per heavy atom. The largest absolute Gasteiger partial charge is 0.453 e. The van der Waals surface area contributed by atoms with E-state index in [1.165, 1.54) is 0 Å². The van der Waals surface area contributed by atoms with Crippen molar-refractivity contribution in [3.05, 3.63) is 58.6 Å². The molecule has 124 valence electrons. The highest BCUT2D eigenvalue weighted by Crippen LogP contribution is 2.32. The lowest BCUT2D eigenvalue weighted by molar-refractivity contribution is 0.625. The Balaban J connectivity index is 1.74. The molecule has 2 heterocycles. The highest BCUT2D eigenvalue weighted by Gasteiger charge is 2.13. The topological polar surface area (TPSA) is 89.9 Å². The number of nitrogens with zero attached hydrogens (tertiary/aromatic N) is 3. The number of hydrogen-bond acceptors (Lipinski definition) is 6. The number of nitrogens with one attached hydrogen (secondary N) is 1. The number of furan rings is 1. The van der Waals surface area contributed by atoms with Crippen molar-refractivity contribution in [1.29, 1.82) is 0 Å². The van der Waals surface area contributed by atoms with Crippen LogP contribution in [0, 0.1) is 0 Å². The second-order valence-corrected chi connectivity index (χ2v) is 6.00. The third-order valence-corrected chi connectivity index (χ3v) is 4.32. The van der Waals surface area contributed by atoms with Crippen molar-refractivity contribution in [2.75, 3.05) is 11.1 Å². The summed E-state index contributed by atoms with van der Waals surface area (Å²) in [6.07, 6.45) is 0. The number of para-hydroxylation sites is 1. The number of anilines is 3. The van der Waals surface area contributed by atoms with Crippen LogP contribution in [-0.4, -0.2) is 15.0 Å². The van der Waals surface area contributed by atoms with Gasteiger partial charge in [-0.2, -0.15) is 15.0 Å². The first-order chi connectivity index (χ1) is 12.1. The third-order valence-electron chi connectivity index (χ3n) is 3.50. The van der Waals surface area contributed by atoms with E-state index in [2.05, 4.69) is 20.3 Å². The van der Waals surface area contributed by atoms with E-state index < -0.39 is 0 Å². The Hall–Kier alpha value is -2.83. The summed E-state index contributed by atoms with van der Waals surface area (Å²) < 4.78 is 5.77. The predicted molar refractivity (Wildman–Crippen MR) is 99.2 cm³/mol. The molecule has 25 heavy (non-hydrogen) atoms. The standard InChI is InChI=1S/C17H11Cl2N5O/c18-10-5-3-6-11(14(10)19)21-17-23-15(22-16(20)24-17)13-8-9-4-1-2-7-12(9)25-13/h1-8H,(H3,20,21,22,23,24). The number of nitrogen functional groups attached to an aromatic ring is 1. The van der Waals surface area contributed by atoms with E-state index >= 15 is 0 Å². The normalized spacial score (nSPS) is 11.0. The molecule has 2 aromatic carbocycles. The van der Waals surface area contributed by atoms with Crippen LogP contribution in [-0.2, 0) is 0 Å². The first kappa shape index (κ1) is 15.7. The number of fused-ring (bicyclic) bond motifs is 1. The van der Waals surface area contributed by atoms with Crippen LogP contribution in [0.5, 0.6) is 0 Å². The second-order valence-electron chi connectivity index (χ2n) is 5.22. The minimum Gasteiger partial charge on any atom is -0.453 e. The summed E-state index contributed by atoms with van der Waals surface area (Å²) >= 11 is 12.2. The molecule has 4 aromatic rings. The zero-order chi connectivity index (χ0) is 17.4. The van der Waals surface area contributed by atoms with Crippen LogP contribution in [0.25, 0.3) is 22.6 Å². The van der Waals surface area contributed by atoms with Gasteiger partial charge in [0.2, 0.25) is 17.7 Å². The number of halogens is 2. The Morgan fingerprint density at radius 2 is 1.80 bits per heavy atom. The van der Waals surface area contributed by atoms with Crippen LogP contribution in [0.3, 0.4) is 0 Å². The van der Waals surface area contributed by atoms with Crippen molar-refractivity contribution in [2.24, 2.45) is 0 Å². The molecule has 0 spiro atoms. The number of rotatable bonds is 3. The predicted octanol–water partition coefficient (Wildman–Crippen LogP) is 4.92. The molecule has 0 radical (unpaired) electrons. The number of benzene rings is 2. The van der Waals surface area contributed by atoms with Gasteiger partial charge >= 0.3 is 0 Å². The maximum Gasteiger partial charge on any atom is 0.232 e. The summed E-state index contributed by atoms with van der Waals surface area (Å²) in [5.74, 6) is 1.12. The summed E-state index contributed by atoms with van der Waals surface area (Å²) in [7, 11) is 0. The highest BCUT2D eigenvalue weighted by atomic mass is 35.5. The first-order valence-corrected chi connectivity index (χ1v) is 8.07. The molecule has 0 unspecified atom stereocenters. The SMILES string of the molecule is Nc1nc(Nc2cccc(Cl)c2Cl)nc(-c2cc3ccccc3o2)n1. The molecule has 8 heteroatoms. The zero-order valence-electron chi connectivity index (χ0n) is 12.7. The molecule has 0 amide bonds. The van der Waals surface area contributed by atoms with Crippen molar-refractivity contribution in [2.45, 2.75) is 0 Å². The Morgan fingerprint density at radius 1 is 0.960 bits per heavy atom. The fourth-order valence-corrected chi connectivity index (χ4v) is 2.72. The van der Waals surface area contributed by atoms with E-state index in [1.54, 1.807) is 18.2 Å². The molecular weight excluding hydrogens is 361 g/mol. The zero-order valence-corrected chi connectivity index (χ0v) is 14.2. The van der Waals surface area contributed by atoms with Gasteiger partial charge in [0, 0.05) is 5.39 Å². The van der Waals surface area contributed by atoms with Gasteiger partial charge < -0.3 is 15.5 Å². The minimum absolute atomic E-state index is 0.0612. The Kier molecular flexibility index (Phi) is 3.91. The summed E-state index contributed by atoms with van der Waals surface area (Å²) in [5.41, 5.74) is 7.11. The van der Waals surface area contributed by atoms with Gasteiger partial charge in [0.05, 0.1) is 15.7 Å². The lowest BCUT2D eigenvalue weighted by Crippen LogP contribution is -2.05. The first-order valence-electron chi connectivity index (χ1n) is 7.32. The maximum atomic E-state index is 6.18. The van der Waals surface area contributed by atoms with Gasteiger partial charge in [0.25, 0.3) is 0 Å². The van der Waals surface area contributed by atoms with E-state index in [0.717, 1.165) is 11.0 Å². The van der Waals surface area contributed by atoms with Crippen molar-refractivity contribution in [3.63, 3.8) is 0 Å². The molecule has 0 atom stereocenters. The van der Waals surface area contributed by atoms with Crippen molar-refractivity contribution in [3.8, 4) is 11.6 Å². The average molecular weight is 372 g/mol. The van der Waals surface area contributed by atoms with Crippen LogP contribution >= 0.6 is 23.2 Å². The van der Waals surface area contributed by atoms with E-state index in [0.29, 0.717) is 27.3 Å². The highest BCUT2D eigenvalue weighted by molar-refractivity contribution is 6.43. The van der Waals surface area contributed by atoms with E-state index in [-0.39, 0.29) is 11.9 Å². The van der Waals surface area contributed by atoms with Gasteiger partial charge in [-0.15, -0.1) is 0 Å². The molecule has 0 aliphatic rings. The van der Waals surface area contributed by atoms with E-state index in [1.807, 2.05) is 30.3 Å². The lowest BCUT2D eigenvalue weighted by Gasteiger charge is -2.08. The molecule has 2 aromatic heterocycles. The summed E-state index contributed by atoms with van der Waals surface area (Å²) in [6, 6.07) is 14.7. The Bertz CT molecular complexity index is 1050. The smallest absolute Gasteiger partial charge is 0.232 e. The van der Waals surface area contributed by atoms with Crippen LogP contribution in [0.1, 0.15) is 0 Å². The molecule has 6 nitrogen and oxygen atoms in total. The van der Waals surface area contributed by atoms with Gasteiger partial charge in [0.1, 0.15) is 5.58 Å². The third kappa shape index (κ3) is 3.09. The van der Waals surface area contributed by atoms with E-state index in [9.17, 15) is 0 Å². The number of nitrogens with two attached hydrogens (primary N) is 1. The molecule has 0 saturated heterocycles. The van der Waals surface area contributed by atoms with E-state index in [4.69, 9.17) is 33.4 Å². The average Bonchev–Trinajstić information content (AvgIpc) is 3.03. The molecule has 0 aliphatic heterocycles. The molecule has 0 fully saturated rings. The van der Waals surface area contributed by atoms with Gasteiger partial charge in [-0.05, 0) is 24.3 Å². The molecular formula is C17H11Cl2N5O. The summed E-state index contributed by atoms with van der Waals surface area (Å²) in [6.45, 7) is 0. The Labute approximate surface area is 152 Å². The summed E-state index contributed by atoms with van der Waals surface area (Å²) in [5, 5.41) is 4.74. The van der Waals surface area contributed by atoms with Gasteiger partial charge in [-0.25, -0.2) is 0 Å². The molecule has 0 aliphatic carbocycles. The van der Waals surface area contributed by atoms with Crippen molar-refractivity contribution >= 4 is 51.8 Å². The molecule has 0 bridgehead atoms. The minimum atomic E-state index is 0.0612.